The third kappa shape index (κ3) is 1.74. The Morgan fingerprint density at radius 1 is 0.727 bits per heavy atom. The molecule has 0 saturated heterocycles. The fourth-order valence-electron chi connectivity index (χ4n) is 0.180. The molecule has 0 aromatic heterocycles. The van der Waals surface area contributed by atoms with Gasteiger partial charge in [-0.05, 0) is 0 Å². The van der Waals surface area contributed by atoms with Crippen molar-refractivity contribution in [2.75, 3.05) is 0 Å². The van der Waals surface area contributed by atoms with Crippen LogP contribution in [0.25, 0.3) is 0 Å². The topological polar surface area (TPSA) is 40.5 Å². The van der Waals surface area contributed by atoms with E-state index in [-0.39, 0.29) is 0 Å². The van der Waals surface area contributed by atoms with E-state index in [0.29, 0.717) is 0 Å². The van der Waals surface area contributed by atoms with Gasteiger partial charge in [0.1, 0.15) is 0 Å². The molecule has 0 aromatic rings. The molecule has 0 atom stereocenters. The van der Waals surface area contributed by atoms with E-state index < -0.39 is 18.1 Å². The Labute approximate surface area is 56.1 Å². The second kappa shape index (κ2) is 2.24. The van der Waals surface area contributed by atoms with Crippen LogP contribution in [-0.4, -0.2) is 28.4 Å². The Hall–Kier alpha value is -0.500. The molecule has 0 bridgehead atoms. The standard InChI is InChI=1S/C3H2F6O2/c4-1(5,2(6,7)8)3(9,10)11/h10-11H. The van der Waals surface area contributed by atoms with Crippen molar-refractivity contribution in [3.05, 3.63) is 0 Å². The highest BCUT2D eigenvalue weighted by Gasteiger charge is 2.71. The first-order valence-corrected chi connectivity index (χ1v) is 2.08. The van der Waals surface area contributed by atoms with Gasteiger partial charge in [0.05, 0.1) is 0 Å². The van der Waals surface area contributed by atoms with Gasteiger partial charge in [-0.25, -0.2) is 0 Å². The van der Waals surface area contributed by atoms with Crippen molar-refractivity contribution in [2.24, 2.45) is 0 Å². The van der Waals surface area contributed by atoms with Crippen LogP contribution in [0, 0.1) is 0 Å². The van der Waals surface area contributed by atoms with Crippen molar-refractivity contribution in [2.45, 2.75) is 18.1 Å². The van der Waals surface area contributed by atoms with E-state index in [1.165, 1.54) is 0 Å². The van der Waals surface area contributed by atoms with Crippen molar-refractivity contribution in [1.29, 1.82) is 0 Å². The molecule has 2 nitrogen and oxygen atoms in total. The minimum atomic E-state index is -6.33. The van der Waals surface area contributed by atoms with Gasteiger partial charge in [0, 0.05) is 0 Å². The molecule has 0 heterocycles. The first kappa shape index (κ1) is 10.5. The summed E-state index contributed by atoms with van der Waals surface area (Å²) in [5, 5.41) is 14.6. The lowest BCUT2D eigenvalue weighted by atomic mass is 10.3. The molecule has 0 aliphatic rings. The van der Waals surface area contributed by atoms with Gasteiger partial charge in [-0.2, -0.15) is 26.3 Å². The Kier molecular flexibility index (Phi) is 2.14. The second-order valence-corrected chi connectivity index (χ2v) is 1.66. The maximum absolute atomic E-state index is 11.4. The van der Waals surface area contributed by atoms with Crippen LogP contribution in [-0.2, 0) is 0 Å². The number of aliphatic hydroxyl groups is 2. The van der Waals surface area contributed by atoms with Crippen molar-refractivity contribution < 1.29 is 36.6 Å². The summed E-state index contributed by atoms with van der Waals surface area (Å²) in [5.41, 5.74) is 0. The number of hydrogen-bond acceptors (Lipinski definition) is 2. The monoisotopic (exact) mass is 184 g/mol. The Morgan fingerprint density at radius 2 is 1.00 bits per heavy atom. The maximum atomic E-state index is 11.4. The number of rotatable bonds is 1. The molecule has 0 aromatic carbocycles. The summed E-state index contributed by atoms with van der Waals surface area (Å²) in [6.07, 6.45) is -6.33. The summed E-state index contributed by atoms with van der Waals surface area (Å²) < 4.78 is 67.2. The maximum Gasteiger partial charge on any atom is 0.462 e. The molecule has 8 heteroatoms. The van der Waals surface area contributed by atoms with Gasteiger partial charge in [-0.1, -0.05) is 0 Å². The Bertz CT molecular complexity index is 127. The summed E-state index contributed by atoms with van der Waals surface area (Å²) in [7, 11) is 0. The van der Waals surface area contributed by atoms with E-state index in [1.54, 1.807) is 0 Å². The summed E-state index contributed by atoms with van der Waals surface area (Å²) >= 11 is 0. The molecular formula is C3H2F6O2. The highest BCUT2D eigenvalue weighted by molar-refractivity contribution is 4.82. The lowest BCUT2D eigenvalue weighted by Crippen LogP contribution is -2.54. The Balaban J connectivity index is 4.75. The average molecular weight is 184 g/mol. The molecule has 0 spiro atoms. The van der Waals surface area contributed by atoms with Crippen molar-refractivity contribution >= 4 is 0 Å². The number of alkyl halides is 6. The third-order valence-corrected chi connectivity index (χ3v) is 0.756. The van der Waals surface area contributed by atoms with Gasteiger partial charge in [-0.3, -0.25) is 0 Å². The average Bonchev–Trinajstić information content (AvgIpc) is 1.58. The van der Waals surface area contributed by atoms with Crippen LogP contribution in [0.4, 0.5) is 26.3 Å². The Morgan fingerprint density at radius 3 is 1.00 bits per heavy atom. The lowest BCUT2D eigenvalue weighted by Gasteiger charge is -2.24. The molecule has 11 heavy (non-hydrogen) atoms. The van der Waals surface area contributed by atoms with Gasteiger partial charge in [0.25, 0.3) is 0 Å². The third-order valence-electron chi connectivity index (χ3n) is 0.756. The fourth-order valence-corrected chi connectivity index (χ4v) is 0.180. The van der Waals surface area contributed by atoms with Gasteiger partial charge < -0.3 is 10.2 Å². The van der Waals surface area contributed by atoms with Gasteiger partial charge >= 0.3 is 18.1 Å². The smallest absolute Gasteiger partial charge is 0.335 e. The van der Waals surface area contributed by atoms with Crippen LogP contribution in [0.2, 0.25) is 0 Å². The van der Waals surface area contributed by atoms with Gasteiger partial charge in [-0.15, -0.1) is 0 Å². The molecule has 0 amide bonds. The summed E-state index contributed by atoms with van der Waals surface area (Å²) in [6, 6.07) is -5.58. The van der Waals surface area contributed by atoms with E-state index in [9.17, 15) is 26.3 Å². The summed E-state index contributed by atoms with van der Waals surface area (Å²) in [5.74, 6) is -6.18. The fraction of sp³-hybridized carbons (Fsp3) is 1.00. The van der Waals surface area contributed by atoms with Crippen molar-refractivity contribution in [1.82, 2.24) is 0 Å². The number of halogens is 6. The lowest BCUT2D eigenvalue weighted by molar-refractivity contribution is -0.437. The van der Waals surface area contributed by atoms with Crippen LogP contribution < -0.4 is 0 Å². The largest absolute Gasteiger partial charge is 0.462 e. The van der Waals surface area contributed by atoms with Crippen molar-refractivity contribution in [3.63, 3.8) is 0 Å². The van der Waals surface area contributed by atoms with Crippen LogP contribution in [0.3, 0.4) is 0 Å². The molecule has 0 unspecified atom stereocenters. The molecular weight excluding hydrogens is 182 g/mol. The first-order valence-electron chi connectivity index (χ1n) is 2.08. The van der Waals surface area contributed by atoms with Crippen molar-refractivity contribution in [3.8, 4) is 0 Å². The molecule has 0 radical (unpaired) electrons. The molecule has 68 valence electrons. The number of hydrogen-bond donors (Lipinski definition) is 2. The predicted molar refractivity (Wildman–Crippen MR) is 19.3 cm³/mol. The molecule has 0 aliphatic carbocycles. The van der Waals surface area contributed by atoms with E-state index in [2.05, 4.69) is 0 Å². The van der Waals surface area contributed by atoms with Gasteiger partial charge in [0.2, 0.25) is 0 Å². The quantitative estimate of drug-likeness (QED) is 0.467. The second-order valence-electron chi connectivity index (χ2n) is 1.66. The molecule has 0 fully saturated rings. The molecule has 0 rings (SSSR count). The highest BCUT2D eigenvalue weighted by Crippen LogP contribution is 2.42. The minimum Gasteiger partial charge on any atom is -0.335 e. The first-order chi connectivity index (χ1) is 4.50. The molecule has 2 N–H and O–H groups in total. The minimum absolute atomic E-state index is 5.58. The predicted octanol–water partition coefficient (Wildman–Crippen LogP) is 0.792. The van der Waals surface area contributed by atoms with Crippen LogP contribution in [0.1, 0.15) is 0 Å². The van der Waals surface area contributed by atoms with Crippen LogP contribution in [0.15, 0.2) is 0 Å². The molecule has 0 aliphatic heterocycles. The van der Waals surface area contributed by atoms with E-state index >= 15 is 0 Å². The zero-order chi connectivity index (χ0) is 9.50. The van der Waals surface area contributed by atoms with E-state index in [1.807, 2.05) is 0 Å². The van der Waals surface area contributed by atoms with Crippen LogP contribution in [0.5, 0.6) is 0 Å². The highest BCUT2D eigenvalue weighted by atomic mass is 19.4. The normalized spacial score (nSPS) is 15.3. The summed E-state index contributed by atoms with van der Waals surface area (Å²) in [4.78, 5) is 0. The van der Waals surface area contributed by atoms with E-state index in [4.69, 9.17) is 10.2 Å². The van der Waals surface area contributed by atoms with Gasteiger partial charge in [0.15, 0.2) is 0 Å². The van der Waals surface area contributed by atoms with E-state index in [0.717, 1.165) is 0 Å². The molecule has 0 saturated carbocycles. The zero-order valence-corrected chi connectivity index (χ0v) is 4.66. The zero-order valence-electron chi connectivity index (χ0n) is 4.66. The van der Waals surface area contributed by atoms with Crippen LogP contribution >= 0.6 is 0 Å². The SMILES string of the molecule is OC(O)(F)C(F)(F)C(F)(F)F. The summed E-state index contributed by atoms with van der Waals surface area (Å²) in [6.45, 7) is 0.